The summed E-state index contributed by atoms with van der Waals surface area (Å²) < 4.78 is 82.6. The Kier molecular flexibility index (Phi) is 8.87. The van der Waals surface area contributed by atoms with Gasteiger partial charge in [-0.05, 0) is 37.1 Å². The van der Waals surface area contributed by atoms with Gasteiger partial charge in [-0.15, -0.1) is 0 Å². The normalized spacial score (nSPS) is 16.1. The van der Waals surface area contributed by atoms with E-state index in [4.69, 9.17) is 9.47 Å². The van der Waals surface area contributed by atoms with E-state index in [1.165, 1.54) is 38.3 Å². The van der Waals surface area contributed by atoms with Crippen LogP contribution in [0.15, 0.2) is 51.9 Å². The van der Waals surface area contributed by atoms with Crippen molar-refractivity contribution in [3.8, 4) is 22.8 Å². The van der Waals surface area contributed by atoms with Gasteiger partial charge < -0.3 is 24.6 Å². The third-order valence-corrected chi connectivity index (χ3v) is 8.18. The Morgan fingerprint density at radius 3 is 2.54 bits per heavy atom. The van der Waals surface area contributed by atoms with Crippen LogP contribution in [0.25, 0.3) is 11.3 Å². The zero-order chi connectivity index (χ0) is 29.8. The molecule has 0 fully saturated rings. The highest BCUT2D eigenvalue weighted by Crippen LogP contribution is 2.33. The van der Waals surface area contributed by atoms with E-state index in [-0.39, 0.29) is 60.1 Å². The number of benzene rings is 2. The second-order valence-electron chi connectivity index (χ2n) is 9.06. The number of carbonyl (C=O) groups is 2. The Balaban J connectivity index is 1.58. The van der Waals surface area contributed by atoms with E-state index in [0.29, 0.717) is 17.4 Å². The molecule has 2 heterocycles. The zero-order valence-corrected chi connectivity index (χ0v) is 22.9. The number of amides is 2. The number of aromatic nitrogens is 1. The van der Waals surface area contributed by atoms with Crippen LogP contribution in [-0.4, -0.2) is 69.6 Å². The Morgan fingerprint density at radius 2 is 1.83 bits per heavy atom. The van der Waals surface area contributed by atoms with E-state index in [0.717, 1.165) is 4.31 Å². The number of hydrogen-bond acceptors (Lipinski definition) is 8. The van der Waals surface area contributed by atoms with E-state index in [2.05, 4.69) is 20.3 Å². The molecule has 2 amide bonds. The van der Waals surface area contributed by atoms with Gasteiger partial charge in [0.25, 0.3) is 5.91 Å². The summed E-state index contributed by atoms with van der Waals surface area (Å²) in [5.41, 5.74) is 0.433. The number of aryl methyl sites for hydroxylation is 1. The number of fused-ring (bicyclic) bond motifs is 1. The molecule has 220 valence electrons. The lowest BCUT2D eigenvalue weighted by Gasteiger charge is -2.23. The third kappa shape index (κ3) is 6.97. The summed E-state index contributed by atoms with van der Waals surface area (Å²) in [6.45, 7) is 0.948. The number of sulfonamides is 1. The third-order valence-electron chi connectivity index (χ3n) is 6.20. The number of alkyl halides is 3. The fourth-order valence-corrected chi connectivity index (χ4v) is 5.75. The molecule has 11 nitrogen and oxygen atoms in total. The average molecular weight is 597 g/mol. The largest absolute Gasteiger partial charge is 0.497 e. The van der Waals surface area contributed by atoms with Gasteiger partial charge in [-0.2, -0.15) is 17.5 Å². The fourth-order valence-electron chi connectivity index (χ4n) is 4.06. The van der Waals surface area contributed by atoms with Gasteiger partial charge in [0.05, 0.1) is 30.7 Å². The summed E-state index contributed by atoms with van der Waals surface area (Å²) in [5.74, 6) is -1.61. The highest BCUT2D eigenvalue weighted by atomic mass is 32.2. The van der Waals surface area contributed by atoms with Gasteiger partial charge in [-0.1, -0.05) is 17.3 Å². The van der Waals surface area contributed by atoms with Gasteiger partial charge in [0, 0.05) is 30.8 Å². The number of hydrogen-bond donors (Lipinski definition) is 2. The number of methoxy groups -OCH3 is 1. The summed E-state index contributed by atoms with van der Waals surface area (Å²) in [5, 5.41) is 8.74. The lowest BCUT2D eigenvalue weighted by atomic mass is 10.1. The molecular formula is C26H27F3N4O7S. The van der Waals surface area contributed by atoms with E-state index >= 15 is 0 Å². The van der Waals surface area contributed by atoms with Crippen LogP contribution in [0.1, 0.15) is 28.1 Å². The van der Waals surface area contributed by atoms with Crippen LogP contribution in [0.4, 0.5) is 13.2 Å². The van der Waals surface area contributed by atoms with Crippen molar-refractivity contribution in [2.75, 3.05) is 39.9 Å². The molecule has 0 bridgehead atoms. The van der Waals surface area contributed by atoms with Crippen molar-refractivity contribution in [1.29, 1.82) is 0 Å². The van der Waals surface area contributed by atoms with Gasteiger partial charge in [0.2, 0.25) is 21.7 Å². The van der Waals surface area contributed by atoms with Crippen LogP contribution in [-0.2, 0) is 21.0 Å². The first-order valence-corrected chi connectivity index (χ1v) is 13.8. The smallest absolute Gasteiger partial charge is 0.452 e. The van der Waals surface area contributed by atoms with Crippen LogP contribution in [0.2, 0.25) is 0 Å². The van der Waals surface area contributed by atoms with Gasteiger partial charge >= 0.3 is 6.18 Å². The molecule has 15 heteroatoms. The standard InChI is InChI=1S/C26H27F3N4O7S/c1-16-4-5-17(20-14-23(40-32-20)26(27,28)29)12-22(16)41(36,37)33-10-3-8-31-25(35)19-7-6-18(38-2)13-21(19)39-11-9-30-24(34)15-33/h4-7,12-14H,3,8-11,15H2,1-2H3,(H,30,34)(H,31,35). The van der Waals surface area contributed by atoms with Crippen molar-refractivity contribution in [2.45, 2.75) is 24.4 Å². The predicted octanol–water partition coefficient (Wildman–Crippen LogP) is 3.00. The average Bonchev–Trinajstić information content (AvgIpc) is 3.43. The molecule has 3 aromatic rings. The molecule has 2 N–H and O–H groups in total. The maximum atomic E-state index is 13.7. The summed E-state index contributed by atoms with van der Waals surface area (Å²) in [6.07, 6.45) is -4.60. The van der Waals surface area contributed by atoms with Crippen LogP contribution < -0.4 is 20.1 Å². The van der Waals surface area contributed by atoms with E-state index < -0.39 is 40.3 Å². The molecule has 0 atom stereocenters. The van der Waals surface area contributed by atoms with Crippen molar-refractivity contribution in [3.05, 3.63) is 59.4 Å². The van der Waals surface area contributed by atoms with Crippen molar-refractivity contribution in [3.63, 3.8) is 0 Å². The number of rotatable bonds is 4. The highest BCUT2D eigenvalue weighted by Gasteiger charge is 2.36. The molecule has 4 rings (SSSR count). The number of halogens is 3. The second kappa shape index (κ2) is 12.2. The van der Waals surface area contributed by atoms with Crippen molar-refractivity contribution < 1.29 is 45.2 Å². The monoisotopic (exact) mass is 596 g/mol. The van der Waals surface area contributed by atoms with E-state index in [9.17, 15) is 31.2 Å². The molecular weight excluding hydrogens is 569 g/mol. The van der Waals surface area contributed by atoms with Crippen LogP contribution >= 0.6 is 0 Å². The summed E-state index contributed by atoms with van der Waals surface area (Å²) in [6, 6.07) is 9.40. The van der Waals surface area contributed by atoms with Gasteiger partial charge in [0.1, 0.15) is 23.8 Å². The number of carbonyl (C=O) groups excluding carboxylic acids is 2. The lowest BCUT2D eigenvalue weighted by Crippen LogP contribution is -2.43. The van der Waals surface area contributed by atoms with Crippen molar-refractivity contribution >= 4 is 21.8 Å². The summed E-state index contributed by atoms with van der Waals surface area (Å²) in [4.78, 5) is 25.3. The first-order chi connectivity index (χ1) is 19.4. The summed E-state index contributed by atoms with van der Waals surface area (Å²) in [7, 11) is -2.85. The molecule has 2 aromatic carbocycles. The number of nitrogens with zero attached hydrogens (tertiary/aromatic N) is 2. The first-order valence-electron chi connectivity index (χ1n) is 12.4. The number of nitrogens with one attached hydrogen (secondary N) is 2. The van der Waals surface area contributed by atoms with Crippen LogP contribution in [0, 0.1) is 6.92 Å². The second-order valence-corrected chi connectivity index (χ2v) is 11.0. The van der Waals surface area contributed by atoms with Gasteiger partial charge in [0.15, 0.2) is 0 Å². The van der Waals surface area contributed by atoms with Crippen LogP contribution in [0.5, 0.6) is 11.5 Å². The van der Waals surface area contributed by atoms with E-state index in [1.54, 1.807) is 12.1 Å². The first kappa shape index (κ1) is 29.9. The SMILES string of the molecule is COc1ccc2c(c1)OCCNC(=O)CN(S(=O)(=O)c1cc(-c3cc(C(F)(F)F)on3)ccc1C)CCCNC2=O. The summed E-state index contributed by atoms with van der Waals surface area (Å²) >= 11 is 0. The van der Waals surface area contributed by atoms with Crippen molar-refractivity contribution in [1.82, 2.24) is 20.1 Å². The molecule has 0 spiro atoms. The zero-order valence-electron chi connectivity index (χ0n) is 22.1. The molecule has 41 heavy (non-hydrogen) atoms. The number of ether oxygens (including phenoxy) is 2. The Bertz CT molecular complexity index is 1540. The maximum absolute atomic E-state index is 13.7. The molecule has 0 unspecified atom stereocenters. The van der Waals surface area contributed by atoms with Gasteiger partial charge in [-0.25, -0.2) is 8.42 Å². The van der Waals surface area contributed by atoms with Crippen molar-refractivity contribution in [2.24, 2.45) is 0 Å². The molecule has 0 radical (unpaired) electrons. The predicted molar refractivity (Wildman–Crippen MR) is 139 cm³/mol. The Labute approximate surface area is 233 Å². The lowest BCUT2D eigenvalue weighted by molar-refractivity contribution is -0.155. The molecule has 1 aliphatic rings. The molecule has 0 aliphatic carbocycles. The van der Waals surface area contributed by atoms with E-state index in [1.807, 2.05) is 0 Å². The molecule has 1 aliphatic heterocycles. The van der Waals surface area contributed by atoms with Gasteiger partial charge in [-0.3, -0.25) is 9.59 Å². The minimum Gasteiger partial charge on any atom is -0.497 e. The molecule has 0 saturated heterocycles. The Morgan fingerprint density at radius 1 is 1.05 bits per heavy atom. The molecule has 1 aromatic heterocycles. The Hall–Kier alpha value is -4.11. The quantitative estimate of drug-likeness (QED) is 0.469. The van der Waals surface area contributed by atoms with Crippen LogP contribution in [0.3, 0.4) is 0 Å². The molecule has 0 saturated carbocycles. The minimum absolute atomic E-state index is 0.00922. The topological polar surface area (TPSA) is 140 Å². The highest BCUT2D eigenvalue weighted by molar-refractivity contribution is 7.89. The fraction of sp³-hybridized carbons (Fsp3) is 0.346. The maximum Gasteiger partial charge on any atom is 0.452 e. The minimum atomic E-state index is -4.76.